The van der Waals surface area contributed by atoms with Gasteiger partial charge in [0.1, 0.15) is 5.75 Å². The van der Waals surface area contributed by atoms with Crippen LogP contribution in [0.25, 0.3) is 0 Å². The van der Waals surface area contributed by atoms with Gasteiger partial charge in [0, 0.05) is 19.7 Å². The molecule has 1 fully saturated rings. The van der Waals surface area contributed by atoms with Crippen LogP contribution in [-0.4, -0.2) is 25.9 Å². The standard InChI is InChI=1S/C17H27NO2/c1-3-9-19-16-7-5-6-14(11-16)12-18-13-15-8-10-20-17(15)4-2/h5-7,11,15,17-18H,3-4,8-10,12-13H2,1-2H3. The van der Waals surface area contributed by atoms with Crippen molar-refractivity contribution in [2.75, 3.05) is 19.8 Å². The van der Waals surface area contributed by atoms with E-state index in [1.54, 1.807) is 0 Å². The van der Waals surface area contributed by atoms with Crippen LogP contribution in [0, 0.1) is 5.92 Å². The van der Waals surface area contributed by atoms with E-state index in [2.05, 4.69) is 37.4 Å². The van der Waals surface area contributed by atoms with E-state index in [1.807, 2.05) is 6.07 Å². The number of nitrogens with one attached hydrogen (secondary N) is 1. The highest BCUT2D eigenvalue weighted by Gasteiger charge is 2.25. The first-order valence-electron chi connectivity index (χ1n) is 7.87. The van der Waals surface area contributed by atoms with Gasteiger partial charge in [-0.2, -0.15) is 0 Å². The minimum Gasteiger partial charge on any atom is -0.494 e. The number of hydrogen-bond donors (Lipinski definition) is 1. The molecular weight excluding hydrogens is 250 g/mol. The van der Waals surface area contributed by atoms with E-state index in [1.165, 1.54) is 12.0 Å². The SMILES string of the molecule is CCCOc1cccc(CNCC2CCOC2CC)c1. The van der Waals surface area contributed by atoms with E-state index in [4.69, 9.17) is 9.47 Å². The summed E-state index contributed by atoms with van der Waals surface area (Å²) >= 11 is 0. The van der Waals surface area contributed by atoms with Crippen molar-refractivity contribution in [2.24, 2.45) is 5.92 Å². The normalized spacial score (nSPS) is 22.1. The van der Waals surface area contributed by atoms with Crippen molar-refractivity contribution < 1.29 is 9.47 Å². The Hall–Kier alpha value is -1.06. The molecular formula is C17H27NO2. The predicted molar refractivity (Wildman–Crippen MR) is 82.1 cm³/mol. The molecule has 1 N–H and O–H groups in total. The smallest absolute Gasteiger partial charge is 0.119 e. The van der Waals surface area contributed by atoms with Crippen molar-refractivity contribution in [2.45, 2.75) is 45.8 Å². The maximum absolute atomic E-state index is 5.72. The molecule has 1 aliphatic rings. The van der Waals surface area contributed by atoms with Gasteiger partial charge in [0.15, 0.2) is 0 Å². The van der Waals surface area contributed by atoms with E-state index in [0.717, 1.165) is 44.9 Å². The molecule has 112 valence electrons. The Labute approximate surface area is 122 Å². The summed E-state index contributed by atoms with van der Waals surface area (Å²) in [6, 6.07) is 8.37. The Bertz CT molecular complexity index is 394. The molecule has 0 aromatic heterocycles. The topological polar surface area (TPSA) is 30.5 Å². The van der Waals surface area contributed by atoms with E-state index >= 15 is 0 Å². The van der Waals surface area contributed by atoms with Crippen LogP contribution in [0.5, 0.6) is 5.75 Å². The zero-order valence-corrected chi connectivity index (χ0v) is 12.7. The highest BCUT2D eigenvalue weighted by Crippen LogP contribution is 2.22. The molecule has 0 radical (unpaired) electrons. The van der Waals surface area contributed by atoms with E-state index < -0.39 is 0 Å². The lowest BCUT2D eigenvalue weighted by molar-refractivity contribution is 0.0872. The van der Waals surface area contributed by atoms with E-state index in [0.29, 0.717) is 12.0 Å². The lowest BCUT2D eigenvalue weighted by Gasteiger charge is -2.17. The predicted octanol–water partition coefficient (Wildman–Crippen LogP) is 3.38. The summed E-state index contributed by atoms with van der Waals surface area (Å²) in [7, 11) is 0. The van der Waals surface area contributed by atoms with Crippen LogP contribution in [-0.2, 0) is 11.3 Å². The van der Waals surface area contributed by atoms with Gasteiger partial charge < -0.3 is 14.8 Å². The highest BCUT2D eigenvalue weighted by atomic mass is 16.5. The van der Waals surface area contributed by atoms with Crippen molar-refractivity contribution in [3.63, 3.8) is 0 Å². The first-order chi connectivity index (χ1) is 9.83. The molecule has 1 aliphatic heterocycles. The Morgan fingerprint density at radius 1 is 1.35 bits per heavy atom. The van der Waals surface area contributed by atoms with Crippen molar-refractivity contribution in [3.8, 4) is 5.75 Å². The third-order valence-corrected chi connectivity index (χ3v) is 3.86. The Morgan fingerprint density at radius 3 is 3.05 bits per heavy atom. The van der Waals surface area contributed by atoms with Crippen LogP contribution >= 0.6 is 0 Å². The summed E-state index contributed by atoms with van der Waals surface area (Å²) in [6.07, 6.45) is 3.79. The molecule has 0 bridgehead atoms. The van der Waals surface area contributed by atoms with Crippen LogP contribution in [0.4, 0.5) is 0 Å². The summed E-state index contributed by atoms with van der Waals surface area (Å²) < 4.78 is 11.4. The van der Waals surface area contributed by atoms with Gasteiger partial charge in [0.25, 0.3) is 0 Å². The van der Waals surface area contributed by atoms with Gasteiger partial charge in [0.05, 0.1) is 12.7 Å². The van der Waals surface area contributed by atoms with Crippen molar-refractivity contribution in [1.29, 1.82) is 0 Å². The van der Waals surface area contributed by atoms with E-state index in [-0.39, 0.29) is 0 Å². The molecule has 3 nitrogen and oxygen atoms in total. The molecule has 0 aliphatic carbocycles. The molecule has 0 amide bonds. The summed E-state index contributed by atoms with van der Waals surface area (Å²) in [5.74, 6) is 1.64. The minimum atomic E-state index is 0.446. The zero-order chi connectivity index (χ0) is 14.2. The lowest BCUT2D eigenvalue weighted by atomic mass is 9.99. The Balaban J connectivity index is 1.76. The van der Waals surface area contributed by atoms with Crippen molar-refractivity contribution in [3.05, 3.63) is 29.8 Å². The molecule has 0 spiro atoms. The largest absolute Gasteiger partial charge is 0.494 e. The lowest BCUT2D eigenvalue weighted by Crippen LogP contribution is -2.27. The van der Waals surface area contributed by atoms with Gasteiger partial charge in [-0.05, 0) is 42.9 Å². The Kier molecular flexibility index (Phi) is 6.34. The highest BCUT2D eigenvalue weighted by molar-refractivity contribution is 5.28. The van der Waals surface area contributed by atoms with Gasteiger partial charge in [-0.25, -0.2) is 0 Å². The average molecular weight is 277 g/mol. The minimum absolute atomic E-state index is 0.446. The summed E-state index contributed by atoms with van der Waals surface area (Å²) in [5, 5.41) is 3.56. The monoisotopic (exact) mass is 277 g/mol. The molecule has 3 heteroatoms. The molecule has 1 aromatic carbocycles. The molecule has 1 heterocycles. The molecule has 1 saturated heterocycles. The second kappa shape index (κ2) is 8.28. The molecule has 2 rings (SSSR count). The third-order valence-electron chi connectivity index (χ3n) is 3.86. The van der Waals surface area contributed by atoms with Gasteiger partial charge in [-0.1, -0.05) is 26.0 Å². The maximum atomic E-state index is 5.72. The van der Waals surface area contributed by atoms with Crippen LogP contribution in [0.15, 0.2) is 24.3 Å². The van der Waals surface area contributed by atoms with Crippen LogP contribution in [0.1, 0.15) is 38.7 Å². The van der Waals surface area contributed by atoms with Crippen LogP contribution in [0.3, 0.4) is 0 Å². The van der Waals surface area contributed by atoms with Crippen molar-refractivity contribution >= 4 is 0 Å². The molecule has 1 aromatic rings. The first-order valence-corrected chi connectivity index (χ1v) is 7.87. The first kappa shape index (κ1) is 15.3. The number of ether oxygens (including phenoxy) is 2. The van der Waals surface area contributed by atoms with Gasteiger partial charge in [-0.15, -0.1) is 0 Å². The van der Waals surface area contributed by atoms with Crippen LogP contribution < -0.4 is 10.1 Å². The maximum Gasteiger partial charge on any atom is 0.119 e. The Morgan fingerprint density at radius 2 is 2.25 bits per heavy atom. The summed E-state index contributed by atoms with van der Waals surface area (Å²) in [5.41, 5.74) is 1.28. The molecule has 0 saturated carbocycles. The van der Waals surface area contributed by atoms with Gasteiger partial charge in [-0.3, -0.25) is 0 Å². The average Bonchev–Trinajstić information content (AvgIpc) is 2.93. The third kappa shape index (κ3) is 4.50. The molecule has 2 unspecified atom stereocenters. The van der Waals surface area contributed by atoms with Gasteiger partial charge >= 0.3 is 0 Å². The van der Waals surface area contributed by atoms with Crippen molar-refractivity contribution in [1.82, 2.24) is 5.32 Å². The molecule has 2 atom stereocenters. The van der Waals surface area contributed by atoms with Crippen LogP contribution in [0.2, 0.25) is 0 Å². The fraction of sp³-hybridized carbons (Fsp3) is 0.647. The van der Waals surface area contributed by atoms with Gasteiger partial charge in [0.2, 0.25) is 0 Å². The summed E-state index contributed by atoms with van der Waals surface area (Å²) in [6.45, 7) is 7.98. The fourth-order valence-electron chi connectivity index (χ4n) is 2.74. The number of rotatable bonds is 8. The second-order valence-corrected chi connectivity index (χ2v) is 5.49. The zero-order valence-electron chi connectivity index (χ0n) is 12.7. The summed E-state index contributed by atoms with van der Waals surface area (Å²) in [4.78, 5) is 0. The molecule has 20 heavy (non-hydrogen) atoms. The number of hydrogen-bond acceptors (Lipinski definition) is 3. The second-order valence-electron chi connectivity index (χ2n) is 5.49. The van der Waals surface area contributed by atoms with E-state index in [9.17, 15) is 0 Å². The fourth-order valence-corrected chi connectivity index (χ4v) is 2.74. The number of benzene rings is 1. The quantitative estimate of drug-likeness (QED) is 0.790.